The Bertz CT molecular complexity index is 839. The number of halogens is 6. The number of nitriles is 1. The van der Waals surface area contributed by atoms with Gasteiger partial charge in [-0.3, -0.25) is 10.1 Å². The number of hydrogen-bond donors (Lipinski definition) is 2. The smallest absolute Gasteiger partial charge is 0.336 e. The monoisotopic (exact) mass is 461 g/mol. The summed E-state index contributed by atoms with van der Waals surface area (Å²) >= 11 is 0. The molecule has 176 valence electrons. The van der Waals surface area contributed by atoms with Crippen molar-refractivity contribution in [3.63, 3.8) is 0 Å². The summed E-state index contributed by atoms with van der Waals surface area (Å²) in [6, 6.07) is 1.51. The lowest BCUT2D eigenvalue weighted by atomic mass is 9.93. The maximum Gasteiger partial charge on any atom is 0.407 e. The molecule has 3 rings (SSSR count). The quantitative estimate of drug-likeness (QED) is 0.499. The highest BCUT2D eigenvalue weighted by atomic mass is 19.4. The van der Waals surface area contributed by atoms with Gasteiger partial charge in [-0.2, -0.15) is 18.4 Å². The highest BCUT2D eigenvalue weighted by Gasteiger charge is 2.48. The summed E-state index contributed by atoms with van der Waals surface area (Å²) < 4.78 is 83.8. The van der Waals surface area contributed by atoms with Crippen LogP contribution in [-0.4, -0.2) is 29.6 Å². The first kappa shape index (κ1) is 24.4. The molecule has 1 aromatic carbocycles. The number of carbonyl (C=O) groups excluding carboxylic acids is 1. The second-order valence-electron chi connectivity index (χ2n) is 8.71. The van der Waals surface area contributed by atoms with Gasteiger partial charge in [-0.1, -0.05) is 25.0 Å². The summed E-state index contributed by atoms with van der Waals surface area (Å²) in [6.07, 6.45) is -3.42. The molecule has 4 nitrogen and oxygen atoms in total. The van der Waals surface area contributed by atoms with Crippen molar-refractivity contribution in [2.24, 2.45) is 5.92 Å². The van der Waals surface area contributed by atoms with Crippen LogP contribution in [0.15, 0.2) is 24.3 Å². The average molecular weight is 461 g/mol. The van der Waals surface area contributed by atoms with Gasteiger partial charge in [-0.15, -0.1) is 0 Å². The van der Waals surface area contributed by atoms with E-state index in [4.69, 9.17) is 0 Å². The number of hydrogen-bond acceptors (Lipinski definition) is 3. The van der Waals surface area contributed by atoms with Gasteiger partial charge in [0.15, 0.2) is 0 Å². The fourth-order valence-electron chi connectivity index (χ4n) is 4.13. The third kappa shape index (κ3) is 5.94. The fourth-order valence-corrected chi connectivity index (χ4v) is 4.13. The number of alkyl halides is 5. The summed E-state index contributed by atoms with van der Waals surface area (Å²) in [5.74, 6) is -5.62. The van der Waals surface area contributed by atoms with Crippen molar-refractivity contribution in [2.75, 3.05) is 0 Å². The predicted molar refractivity (Wildman–Crippen MR) is 104 cm³/mol. The molecular weight excluding hydrogens is 436 g/mol. The van der Waals surface area contributed by atoms with Gasteiger partial charge in [0.05, 0.1) is 12.1 Å². The largest absolute Gasteiger partial charge is 0.407 e. The molecule has 10 heteroatoms. The first-order chi connectivity index (χ1) is 15.0. The van der Waals surface area contributed by atoms with Crippen LogP contribution in [0.5, 0.6) is 0 Å². The van der Waals surface area contributed by atoms with Crippen LogP contribution in [0.25, 0.3) is 0 Å². The fraction of sp³-hybridized carbons (Fsp3) is 0.636. The Morgan fingerprint density at radius 1 is 1.12 bits per heavy atom. The number of nitrogens with one attached hydrogen (secondary N) is 2. The van der Waals surface area contributed by atoms with E-state index in [0.717, 1.165) is 24.3 Å². The number of carbonyl (C=O) groups is 1. The molecule has 2 atom stereocenters. The van der Waals surface area contributed by atoms with E-state index in [1.54, 1.807) is 0 Å². The van der Waals surface area contributed by atoms with Gasteiger partial charge in [0.2, 0.25) is 5.91 Å². The molecule has 0 saturated heterocycles. The summed E-state index contributed by atoms with van der Waals surface area (Å²) in [7, 11) is 0. The maximum absolute atomic E-state index is 14.6. The summed E-state index contributed by atoms with van der Waals surface area (Å²) in [5.41, 5.74) is -1.50. The molecule has 1 amide bonds. The number of amides is 1. The molecule has 0 heterocycles. The zero-order valence-electron chi connectivity index (χ0n) is 17.3. The van der Waals surface area contributed by atoms with Crippen molar-refractivity contribution in [1.29, 1.82) is 5.26 Å². The van der Waals surface area contributed by atoms with Crippen LogP contribution in [-0.2, 0) is 4.79 Å². The maximum atomic E-state index is 14.6. The van der Waals surface area contributed by atoms with Crippen molar-refractivity contribution < 1.29 is 31.1 Å². The van der Waals surface area contributed by atoms with Crippen molar-refractivity contribution in [3.8, 4) is 6.07 Å². The zero-order chi connectivity index (χ0) is 23.6. The predicted octanol–water partition coefficient (Wildman–Crippen LogP) is 5.17. The topological polar surface area (TPSA) is 64.9 Å². The Hall–Kier alpha value is -2.28. The van der Waals surface area contributed by atoms with E-state index in [-0.39, 0.29) is 5.56 Å². The highest BCUT2D eigenvalue weighted by molar-refractivity contribution is 5.83. The molecule has 0 spiro atoms. The second-order valence-corrected chi connectivity index (χ2v) is 8.71. The average Bonchev–Trinajstić information content (AvgIpc) is 3.25. The van der Waals surface area contributed by atoms with Crippen molar-refractivity contribution >= 4 is 5.91 Å². The van der Waals surface area contributed by atoms with Gasteiger partial charge in [-0.25, -0.2) is 13.2 Å². The van der Waals surface area contributed by atoms with Crippen molar-refractivity contribution in [2.45, 2.75) is 81.1 Å². The minimum absolute atomic E-state index is 0.343. The molecule has 0 aliphatic heterocycles. The Morgan fingerprint density at radius 3 is 2.22 bits per heavy atom. The van der Waals surface area contributed by atoms with Crippen LogP contribution in [0.1, 0.15) is 63.0 Å². The number of benzene rings is 1. The third-order valence-electron chi connectivity index (χ3n) is 6.26. The first-order valence-electron chi connectivity index (χ1n) is 10.7. The van der Waals surface area contributed by atoms with Crippen LogP contribution in [0.4, 0.5) is 26.3 Å². The molecule has 2 N–H and O–H groups in total. The summed E-state index contributed by atoms with van der Waals surface area (Å²) in [6.45, 7) is 0. The van der Waals surface area contributed by atoms with Gasteiger partial charge < -0.3 is 5.32 Å². The summed E-state index contributed by atoms with van der Waals surface area (Å²) in [5, 5.41) is 13.8. The molecule has 0 bridgehead atoms. The molecule has 32 heavy (non-hydrogen) atoms. The van der Waals surface area contributed by atoms with Crippen LogP contribution < -0.4 is 10.6 Å². The van der Waals surface area contributed by atoms with Gasteiger partial charge in [0, 0.05) is 12.3 Å². The van der Waals surface area contributed by atoms with Crippen LogP contribution >= 0.6 is 0 Å². The van der Waals surface area contributed by atoms with Gasteiger partial charge in [0.25, 0.3) is 5.92 Å². The number of nitrogens with zero attached hydrogens (tertiary/aromatic N) is 1. The van der Waals surface area contributed by atoms with Gasteiger partial charge in [-0.05, 0) is 49.8 Å². The van der Waals surface area contributed by atoms with Crippen LogP contribution in [0.3, 0.4) is 0 Å². The van der Waals surface area contributed by atoms with Crippen LogP contribution in [0.2, 0.25) is 0 Å². The second kappa shape index (κ2) is 9.30. The van der Waals surface area contributed by atoms with E-state index in [1.807, 2.05) is 6.07 Å². The Morgan fingerprint density at radius 2 is 1.72 bits per heavy atom. The molecule has 2 aliphatic rings. The lowest BCUT2D eigenvalue weighted by Gasteiger charge is -2.30. The number of rotatable bonds is 9. The molecular formula is C22H25F6N3O. The molecule has 0 aromatic heterocycles. The van der Waals surface area contributed by atoms with E-state index < -0.39 is 60.2 Å². The highest BCUT2D eigenvalue weighted by Crippen LogP contribution is 2.41. The van der Waals surface area contributed by atoms with E-state index >= 15 is 0 Å². The SMILES string of the molecule is N#CC1(NC(=O)[C@H](CCC(F)(F)C2CCCC2)N[C@@H](c2ccc(F)cc2)C(F)(F)F)CC1. The van der Waals surface area contributed by atoms with E-state index in [1.165, 1.54) is 0 Å². The molecule has 2 saturated carbocycles. The Labute approximate surface area is 182 Å². The summed E-state index contributed by atoms with van der Waals surface area (Å²) in [4.78, 5) is 12.7. The van der Waals surface area contributed by atoms with Crippen LogP contribution in [0, 0.1) is 23.1 Å². The molecule has 0 unspecified atom stereocenters. The van der Waals surface area contributed by atoms with Crippen molar-refractivity contribution in [1.82, 2.24) is 10.6 Å². The standard InChI is InChI=1S/C22H25F6N3O/c23-16-7-5-14(6-8-16)18(22(26,27)28)30-17(19(32)31-20(13-29)11-12-20)9-10-21(24,25)15-3-1-2-4-15/h5-8,15,17-18,30H,1-4,9-12H2,(H,31,32)/t17-,18-/m0/s1. The minimum Gasteiger partial charge on any atom is -0.336 e. The lowest BCUT2D eigenvalue weighted by Crippen LogP contribution is -2.52. The Balaban J connectivity index is 1.80. The van der Waals surface area contributed by atoms with Gasteiger partial charge in [0.1, 0.15) is 17.4 Å². The minimum atomic E-state index is -4.86. The van der Waals surface area contributed by atoms with E-state index in [0.29, 0.717) is 38.5 Å². The van der Waals surface area contributed by atoms with E-state index in [2.05, 4.69) is 10.6 Å². The molecule has 2 fully saturated rings. The zero-order valence-corrected chi connectivity index (χ0v) is 17.3. The van der Waals surface area contributed by atoms with Crippen molar-refractivity contribution in [3.05, 3.63) is 35.6 Å². The first-order valence-corrected chi connectivity index (χ1v) is 10.7. The Kier molecular flexibility index (Phi) is 7.08. The van der Waals surface area contributed by atoms with Gasteiger partial charge >= 0.3 is 6.18 Å². The molecule has 0 radical (unpaired) electrons. The normalized spacial score (nSPS) is 20.4. The molecule has 1 aromatic rings. The third-order valence-corrected chi connectivity index (χ3v) is 6.26. The molecule has 2 aliphatic carbocycles. The van der Waals surface area contributed by atoms with E-state index in [9.17, 15) is 36.4 Å². The lowest BCUT2D eigenvalue weighted by molar-refractivity contribution is -0.161.